The third-order valence-corrected chi connectivity index (χ3v) is 6.44. The van der Waals surface area contributed by atoms with Crippen LogP contribution in [0.2, 0.25) is 5.02 Å². The Kier molecular flexibility index (Phi) is 4.74. The standard InChI is InChI=1S/C23H23ClN4O2/c1-22(2)20(27-19(29)16-6-5-9-28-13-26-12-18(16)28)23(3,4)21(22)30-15-8-7-14(11-25)17(24)10-15/h5-10,12-13,20-21H,1-4H3,(H,27,29). The molecule has 1 aromatic carbocycles. The van der Waals surface area contributed by atoms with Gasteiger partial charge in [-0.25, -0.2) is 4.98 Å². The summed E-state index contributed by atoms with van der Waals surface area (Å²) in [5, 5.41) is 12.6. The van der Waals surface area contributed by atoms with E-state index in [1.165, 1.54) is 0 Å². The Morgan fingerprint density at radius 1 is 1.27 bits per heavy atom. The predicted molar refractivity (Wildman–Crippen MR) is 115 cm³/mol. The van der Waals surface area contributed by atoms with Crippen molar-refractivity contribution in [3.63, 3.8) is 0 Å². The number of pyridine rings is 1. The van der Waals surface area contributed by atoms with E-state index >= 15 is 0 Å². The van der Waals surface area contributed by atoms with Gasteiger partial charge in [0.1, 0.15) is 17.9 Å². The average Bonchev–Trinajstić information content (AvgIpc) is 3.18. The zero-order valence-corrected chi connectivity index (χ0v) is 18.1. The Bertz CT molecular complexity index is 1160. The van der Waals surface area contributed by atoms with Crippen molar-refractivity contribution in [3.8, 4) is 11.8 Å². The van der Waals surface area contributed by atoms with E-state index in [4.69, 9.17) is 21.6 Å². The Balaban J connectivity index is 1.55. The summed E-state index contributed by atoms with van der Waals surface area (Å²) < 4.78 is 8.10. The number of halogens is 1. The topological polar surface area (TPSA) is 79.4 Å². The maximum Gasteiger partial charge on any atom is 0.253 e. The third kappa shape index (κ3) is 3.10. The molecule has 0 aliphatic heterocycles. The van der Waals surface area contributed by atoms with Gasteiger partial charge in [-0.3, -0.25) is 4.79 Å². The van der Waals surface area contributed by atoms with Gasteiger partial charge in [-0.05, 0) is 24.3 Å². The molecule has 30 heavy (non-hydrogen) atoms. The zero-order valence-electron chi connectivity index (χ0n) is 17.3. The number of nitriles is 1. The van der Waals surface area contributed by atoms with Crippen LogP contribution in [0.5, 0.6) is 5.75 Å². The Morgan fingerprint density at radius 3 is 2.67 bits per heavy atom. The van der Waals surface area contributed by atoms with Gasteiger partial charge in [0, 0.05) is 29.1 Å². The lowest BCUT2D eigenvalue weighted by molar-refractivity contribution is -0.164. The van der Waals surface area contributed by atoms with Gasteiger partial charge in [-0.2, -0.15) is 5.26 Å². The summed E-state index contributed by atoms with van der Waals surface area (Å²) in [7, 11) is 0. The number of benzene rings is 1. The van der Waals surface area contributed by atoms with Crippen LogP contribution in [0.15, 0.2) is 49.1 Å². The van der Waals surface area contributed by atoms with Gasteiger partial charge < -0.3 is 14.5 Å². The maximum atomic E-state index is 13.1. The number of amides is 1. The van der Waals surface area contributed by atoms with Crippen LogP contribution >= 0.6 is 11.6 Å². The Morgan fingerprint density at radius 2 is 2.00 bits per heavy atom. The van der Waals surface area contributed by atoms with Crippen molar-refractivity contribution in [1.29, 1.82) is 5.26 Å². The van der Waals surface area contributed by atoms with Gasteiger partial charge in [-0.1, -0.05) is 39.3 Å². The van der Waals surface area contributed by atoms with Crippen LogP contribution in [0.4, 0.5) is 0 Å². The summed E-state index contributed by atoms with van der Waals surface area (Å²) in [5.74, 6) is 0.478. The first-order chi connectivity index (χ1) is 14.2. The lowest BCUT2D eigenvalue weighted by Gasteiger charge is -2.63. The highest BCUT2D eigenvalue weighted by Gasteiger charge is 2.64. The number of carbonyl (C=O) groups excluding carboxylic acids is 1. The quantitative estimate of drug-likeness (QED) is 0.672. The summed E-state index contributed by atoms with van der Waals surface area (Å²) in [5.41, 5.74) is 1.14. The summed E-state index contributed by atoms with van der Waals surface area (Å²) in [6, 6.07) is 10.7. The Labute approximate surface area is 180 Å². The molecule has 0 unspecified atom stereocenters. The molecule has 154 valence electrons. The molecule has 1 amide bonds. The molecule has 1 N–H and O–H groups in total. The number of hydrogen-bond acceptors (Lipinski definition) is 4. The predicted octanol–water partition coefficient (Wildman–Crippen LogP) is 4.47. The molecule has 2 aromatic heterocycles. The molecule has 0 radical (unpaired) electrons. The smallest absolute Gasteiger partial charge is 0.253 e. The lowest BCUT2D eigenvalue weighted by Crippen LogP contribution is -2.74. The van der Waals surface area contributed by atoms with Crippen molar-refractivity contribution in [2.45, 2.75) is 39.8 Å². The molecule has 1 fully saturated rings. The molecule has 3 aromatic rings. The van der Waals surface area contributed by atoms with E-state index < -0.39 is 0 Å². The monoisotopic (exact) mass is 422 g/mol. The SMILES string of the molecule is CC1(C)C(NC(=O)c2cccn3cncc23)C(C)(C)C1Oc1ccc(C#N)c(Cl)c1. The zero-order chi connectivity index (χ0) is 21.7. The number of hydrogen-bond donors (Lipinski definition) is 1. The number of imidazole rings is 1. The number of nitrogens with one attached hydrogen (secondary N) is 1. The second-order valence-electron chi connectivity index (χ2n) is 8.91. The molecular formula is C23H23ClN4O2. The van der Waals surface area contributed by atoms with Gasteiger partial charge in [0.2, 0.25) is 0 Å². The maximum absolute atomic E-state index is 13.1. The second kappa shape index (κ2) is 7.03. The average molecular weight is 423 g/mol. The highest BCUT2D eigenvalue weighted by molar-refractivity contribution is 6.31. The van der Waals surface area contributed by atoms with Gasteiger partial charge in [0.25, 0.3) is 5.91 Å². The van der Waals surface area contributed by atoms with Crippen molar-refractivity contribution >= 4 is 23.0 Å². The molecule has 2 heterocycles. The first kappa shape index (κ1) is 20.2. The van der Waals surface area contributed by atoms with Crippen LogP contribution in [0.1, 0.15) is 43.6 Å². The van der Waals surface area contributed by atoms with Crippen LogP contribution in [0.25, 0.3) is 5.52 Å². The van der Waals surface area contributed by atoms with Crippen LogP contribution < -0.4 is 10.1 Å². The molecule has 0 spiro atoms. The number of ether oxygens (including phenoxy) is 1. The third-order valence-electron chi connectivity index (χ3n) is 6.13. The van der Waals surface area contributed by atoms with Crippen molar-refractivity contribution in [2.24, 2.45) is 10.8 Å². The summed E-state index contributed by atoms with van der Waals surface area (Å²) in [6.07, 6.45) is 5.08. The summed E-state index contributed by atoms with van der Waals surface area (Å²) >= 11 is 6.15. The molecule has 1 aliphatic rings. The molecular weight excluding hydrogens is 400 g/mol. The summed E-state index contributed by atoms with van der Waals surface area (Å²) in [6.45, 7) is 8.33. The first-order valence-corrected chi connectivity index (χ1v) is 10.1. The molecule has 1 aliphatic carbocycles. The van der Waals surface area contributed by atoms with E-state index in [1.54, 1.807) is 36.8 Å². The van der Waals surface area contributed by atoms with Crippen molar-refractivity contribution in [3.05, 3.63) is 65.2 Å². The number of nitrogens with zero attached hydrogens (tertiary/aromatic N) is 3. The molecule has 0 atom stereocenters. The van der Waals surface area contributed by atoms with E-state index in [9.17, 15) is 4.79 Å². The van der Waals surface area contributed by atoms with Crippen molar-refractivity contribution in [2.75, 3.05) is 0 Å². The van der Waals surface area contributed by atoms with Gasteiger partial charge in [-0.15, -0.1) is 0 Å². The number of aromatic nitrogens is 2. The van der Waals surface area contributed by atoms with Crippen LogP contribution in [0, 0.1) is 22.2 Å². The van der Waals surface area contributed by atoms with Crippen molar-refractivity contribution < 1.29 is 9.53 Å². The molecule has 1 saturated carbocycles. The molecule has 7 heteroatoms. The Hall–Kier alpha value is -3.04. The van der Waals surface area contributed by atoms with E-state index in [2.05, 4.69) is 38.0 Å². The van der Waals surface area contributed by atoms with E-state index in [0.717, 1.165) is 5.52 Å². The van der Waals surface area contributed by atoms with Gasteiger partial charge in [0.15, 0.2) is 0 Å². The van der Waals surface area contributed by atoms with E-state index in [0.29, 0.717) is 21.9 Å². The largest absolute Gasteiger partial charge is 0.489 e. The molecule has 0 saturated heterocycles. The first-order valence-electron chi connectivity index (χ1n) is 9.74. The fraction of sp³-hybridized carbons (Fsp3) is 0.348. The fourth-order valence-electron chi connectivity index (χ4n) is 4.95. The van der Waals surface area contributed by atoms with Crippen LogP contribution in [0.3, 0.4) is 0 Å². The molecule has 4 rings (SSSR count). The van der Waals surface area contributed by atoms with E-state index in [-0.39, 0.29) is 28.9 Å². The summed E-state index contributed by atoms with van der Waals surface area (Å²) in [4.78, 5) is 17.2. The minimum absolute atomic E-state index is 0.0977. The van der Waals surface area contributed by atoms with Crippen molar-refractivity contribution in [1.82, 2.24) is 14.7 Å². The highest BCUT2D eigenvalue weighted by Crippen LogP contribution is 2.55. The minimum Gasteiger partial charge on any atom is -0.489 e. The number of rotatable bonds is 4. The minimum atomic E-state index is -0.315. The second-order valence-corrected chi connectivity index (χ2v) is 9.32. The van der Waals surface area contributed by atoms with Gasteiger partial charge in [0.05, 0.1) is 34.2 Å². The molecule has 0 bridgehead atoms. The molecule has 6 nitrogen and oxygen atoms in total. The lowest BCUT2D eigenvalue weighted by atomic mass is 9.49. The van der Waals surface area contributed by atoms with E-state index in [1.807, 2.05) is 22.7 Å². The van der Waals surface area contributed by atoms with Crippen LogP contribution in [-0.4, -0.2) is 27.4 Å². The van der Waals surface area contributed by atoms with Gasteiger partial charge >= 0.3 is 0 Å². The number of fused-ring (bicyclic) bond motifs is 1. The fourth-order valence-corrected chi connectivity index (χ4v) is 5.16. The van der Waals surface area contributed by atoms with Crippen LogP contribution in [-0.2, 0) is 0 Å². The number of carbonyl (C=O) groups is 1. The highest BCUT2D eigenvalue weighted by atomic mass is 35.5. The normalized spacial score (nSPS) is 21.5.